The van der Waals surface area contributed by atoms with E-state index < -0.39 is 0 Å². The van der Waals surface area contributed by atoms with Crippen molar-refractivity contribution in [3.63, 3.8) is 0 Å². The molecular weight excluding hydrogens is 406 g/mol. The largest absolute Gasteiger partial charge is 0.376 e. The highest BCUT2D eigenvalue weighted by Gasteiger charge is 2.29. The average Bonchev–Trinajstić information content (AvgIpc) is 2.86. The van der Waals surface area contributed by atoms with Gasteiger partial charge in [0.25, 0.3) is 0 Å². The van der Waals surface area contributed by atoms with Gasteiger partial charge in [-0.25, -0.2) is 0 Å². The van der Waals surface area contributed by atoms with Crippen LogP contribution in [0.3, 0.4) is 0 Å². The summed E-state index contributed by atoms with van der Waals surface area (Å²) in [5, 5.41) is 0. The Bertz CT molecular complexity index is 909. The standard InChI is InChI=1S/C30H35NO2/c1-3-19-30(24-32-22-27-13-7-4-8-14-27,25-33-23-28-15-9-5-10-16-28)20-21-31-26(2)29-17-11-6-12-18-29/h3-18,21,26H,1,19-20,22-25H2,2H3/t26-/m1/s1. The third-order valence-electron chi connectivity index (χ3n) is 5.75. The second kappa shape index (κ2) is 13.5. The topological polar surface area (TPSA) is 30.8 Å². The van der Waals surface area contributed by atoms with E-state index in [2.05, 4.69) is 62.0 Å². The van der Waals surface area contributed by atoms with Gasteiger partial charge in [-0.3, -0.25) is 4.99 Å². The van der Waals surface area contributed by atoms with E-state index in [0.29, 0.717) is 26.4 Å². The Kier molecular flexibility index (Phi) is 10.1. The molecule has 0 spiro atoms. The molecule has 0 bridgehead atoms. The predicted molar refractivity (Wildman–Crippen MR) is 137 cm³/mol. The molecule has 0 N–H and O–H groups in total. The summed E-state index contributed by atoms with van der Waals surface area (Å²) in [6, 6.07) is 31.0. The van der Waals surface area contributed by atoms with Crippen LogP contribution in [0.25, 0.3) is 0 Å². The van der Waals surface area contributed by atoms with Gasteiger partial charge in [0.05, 0.1) is 32.5 Å². The second-order valence-electron chi connectivity index (χ2n) is 8.57. The lowest BCUT2D eigenvalue weighted by Crippen LogP contribution is -2.32. The smallest absolute Gasteiger partial charge is 0.0717 e. The van der Waals surface area contributed by atoms with Crippen molar-refractivity contribution < 1.29 is 9.47 Å². The van der Waals surface area contributed by atoms with Crippen molar-refractivity contribution in [2.75, 3.05) is 13.2 Å². The monoisotopic (exact) mass is 441 g/mol. The molecule has 3 aromatic rings. The molecule has 0 saturated heterocycles. The maximum Gasteiger partial charge on any atom is 0.0717 e. The van der Waals surface area contributed by atoms with Crippen LogP contribution in [0.1, 0.15) is 42.5 Å². The molecule has 0 aromatic heterocycles. The quantitative estimate of drug-likeness (QED) is 0.195. The fourth-order valence-corrected chi connectivity index (χ4v) is 3.81. The van der Waals surface area contributed by atoms with E-state index >= 15 is 0 Å². The van der Waals surface area contributed by atoms with Gasteiger partial charge in [-0.15, -0.1) is 6.58 Å². The zero-order valence-electron chi connectivity index (χ0n) is 19.6. The summed E-state index contributed by atoms with van der Waals surface area (Å²) in [6.07, 6.45) is 5.56. The third-order valence-corrected chi connectivity index (χ3v) is 5.75. The highest BCUT2D eigenvalue weighted by Crippen LogP contribution is 2.29. The van der Waals surface area contributed by atoms with E-state index in [1.165, 1.54) is 16.7 Å². The summed E-state index contributed by atoms with van der Waals surface area (Å²) in [7, 11) is 0. The van der Waals surface area contributed by atoms with Gasteiger partial charge in [-0.2, -0.15) is 0 Å². The van der Waals surface area contributed by atoms with Gasteiger partial charge in [0.15, 0.2) is 0 Å². The van der Waals surface area contributed by atoms with Crippen LogP contribution in [0.5, 0.6) is 0 Å². The Labute approximate surface area is 198 Å². The van der Waals surface area contributed by atoms with Crippen molar-refractivity contribution in [2.45, 2.75) is 39.0 Å². The fraction of sp³-hybridized carbons (Fsp3) is 0.300. The lowest BCUT2D eigenvalue weighted by molar-refractivity contribution is -0.0277. The van der Waals surface area contributed by atoms with E-state index in [1.807, 2.05) is 54.8 Å². The van der Waals surface area contributed by atoms with Crippen LogP contribution in [-0.4, -0.2) is 19.4 Å². The van der Waals surface area contributed by atoms with Gasteiger partial charge >= 0.3 is 0 Å². The molecule has 0 fully saturated rings. The minimum absolute atomic E-state index is 0.114. The van der Waals surface area contributed by atoms with Gasteiger partial charge < -0.3 is 9.47 Å². The van der Waals surface area contributed by atoms with Crippen LogP contribution in [0.15, 0.2) is 109 Å². The average molecular weight is 442 g/mol. The van der Waals surface area contributed by atoms with Crippen molar-refractivity contribution in [3.05, 3.63) is 120 Å². The number of hydrogen-bond acceptors (Lipinski definition) is 3. The number of rotatable bonds is 14. The molecule has 3 rings (SSSR count). The predicted octanol–water partition coefficient (Wildman–Crippen LogP) is 7.20. The van der Waals surface area contributed by atoms with E-state index in [9.17, 15) is 0 Å². The van der Waals surface area contributed by atoms with Crippen molar-refractivity contribution in [2.24, 2.45) is 10.4 Å². The maximum atomic E-state index is 6.19. The molecule has 0 saturated carbocycles. The Balaban J connectivity index is 1.66. The van der Waals surface area contributed by atoms with Crippen molar-refractivity contribution in [1.29, 1.82) is 0 Å². The normalized spacial score (nSPS) is 12.6. The lowest BCUT2D eigenvalue weighted by atomic mass is 9.83. The summed E-state index contributed by atoms with van der Waals surface area (Å²) >= 11 is 0. The molecule has 0 amide bonds. The van der Waals surface area contributed by atoms with E-state index in [-0.39, 0.29) is 11.5 Å². The summed E-state index contributed by atoms with van der Waals surface area (Å²) < 4.78 is 12.4. The number of aliphatic imine (C=N–C) groups is 1. The Hall–Kier alpha value is -3.01. The fourth-order valence-electron chi connectivity index (χ4n) is 3.81. The Morgan fingerprint density at radius 3 is 1.73 bits per heavy atom. The molecular formula is C30H35NO2. The van der Waals surface area contributed by atoms with Crippen molar-refractivity contribution in [1.82, 2.24) is 0 Å². The van der Waals surface area contributed by atoms with Gasteiger partial charge in [0, 0.05) is 11.6 Å². The molecule has 33 heavy (non-hydrogen) atoms. The number of ether oxygens (including phenoxy) is 2. The number of benzene rings is 3. The van der Waals surface area contributed by atoms with Gasteiger partial charge in [0.2, 0.25) is 0 Å². The van der Waals surface area contributed by atoms with Crippen LogP contribution < -0.4 is 0 Å². The van der Waals surface area contributed by atoms with Crippen LogP contribution in [0.4, 0.5) is 0 Å². The molecule has 0 aliphatic carbocycles. The zero-order chi connectivity index (χ0) is 23.2. The second-order valence-corrected chi connectivity index (χ2v) is 8.57. The summed E-state index contributed by atoms with van der Waals surface area (Å²) in [6.45, 7) is 8.45. The molecule has 3 nitrogen and oxygen atoms in total. The molecule has 3 aromatic carbocycles. The zero-order valence-corrected chi connectivity index (χ0v) is 19.6. The summed E-state index contributed by atoms with van der Waals surface area (Å²) in [5.74, 6) is 0. The molecule has 0 unspecified atom stereocenters. The Morgan fingerprint density at radius 1 is 0.758 bits per heavy atom. The molecule has 0 heterocycles. The maximum absolute atomic E-state index is 6.19. The summed E-state index contributed by atoms with van der Waals surface area (Å²) in [5.41, 5.74) is 3.33. The SMILES string of the molecule is C=CCC(CC=N[C@H](C)c1ccccc1)(COCc1ccccc1)COCc1ccccc1. The van der Waals surface area contributed by atoms with Gasteiger partial charge in [-0.05, 0) is 36.5 Å². The lowest BCUT2D eigenvalue weighted by Gasteiger charge is -2.31. The molecule has 1 atom stereocenters. The Morgan fingerprint density at radius 2 is 1.24 bits per heavy atom. The number of hydrogen-bond donors (Lipinski definition) is 0. The highest BCUT2D eigenvalue weighted by atomic mass is 16.5. The molecule has 0 aliphatic rings. The van der Waals surface area contributed by atoms with E-state index in [4.69, 9.17) is 14.5 Å². The van der Waals surface area contributed by atoms with Crippen molar-refractivity contribution >= 4 is 6.21 Å². The van der Waals surface area contributed by atoms with Gasteiger partial charge in [-0.1, -0.05) is 97.1 Å². The van der Waals surface area contributed by atoms with E-state index in [0.717, 1.165) is 12.8 Å². The summed E-state index contributed by atoms with van der Waals surface area (Å²) in [4.78, 5) is 4.82. The highest BCUT2D eigenvalue weighted by molar-refractivity contribution is 5.59. The van der Waals surface area contributed by atoms with Crippen molar-refractivity contribution in [3.8, 4) is 0 Å². The first-order valence-electron chi connectivity index (χ1n) is 11.6. The van der Waals surface area contributed by atoms with Crippen LogP contribution in [-0.2, 0) is 22.7 Å². The first kappa shape index (κ1) is 24.6. The molecule has 0 radical (unpaired) electrons. The van der Waals surface area contributed by atoms with Crippen LogP contribution in [0, 0.1) is 5.41 Å². The minimum Gasteiger partial charge on any atom is -0.376 e. The van der Waals surface area contributed by atoms with Crippen LogP contribution in [0.2, 0.25) is 0 Å². The van der Waals surface area contributed by atoms with E-state index in [1.54, 1.807) is 0 Å². The number of nitrogens with zero attached hydrogens (tertiary/aromatic N) is 1. The molecule has 0 aliphatic heterocycles. The first-order valence-corrected chi connectivity index (χ1v) is 11.6. The first-order chi connectivity index (χ1) is 16.2. The third kappa shape index (κ3) is 8.45. The molecule has 172 valence electrons. The number of allylic oxidation sites excluding steroid dienone is 1. The minimum atomic E-state index is -0.217. The van der Waals surface area contributed by atoms with Crippen LogP contribution >= 0.6 is 0 Å². The van der Waals surface area contributed by atoms with Gasteiger partial charge in [0.1, 0.15) is 0 Å². The molecule has 3 heteroatoms.